The SMILES string of the molecule is CC(C)(C)OC(=O)N[C@H](CCC(=O)c1cc(F)cc(F)c1)C(=O)O. The maximum Gasteiger partial charge on any atom is 0.408 e. The minimum Gasteiger partial charge on any atom is -0.480 e. The molecule has 8 heteroatoms. The van der Waals surface area contributed by atoms with E-state index in [1.54, 1.807) is 20.8 Å². The average Bonchev–Trinajstić information content (AvgIpc) is 2.39. The molecule has 0 radical (unpaired) electrons. The van der Waals surface area contributed by atoms with Gasteiger partial charge in [-0.05, 0) is 39.3 Å². The van der Waals surface area contributed by atoms with Crippen molar-refractivity contribution in [1.82, 2.24) is 5.32 Å². The number of carboxylic acid groups (broad SMARTS) is 1. The summed E-state index contributed by atoms with van der Waals surface area (Å²) in [5, 5.41) is 11.2. The smallest absolute Gasteiger partial charge is 0.408 e. The first-order valence-electron chi connectivity index (χ1n) is 7.19. The Bertz CT molecular complexity index is 620. The zero-order chi connectivity index (χ0) is 18.5. The molecular weight excluding hydrogens is 324 g/mol. The van der Waals surface area contributed by atoms with Gasteiger partial charge in [0.1, 0.15) is 23.3 Å². The predicted octanol–water partition coefficient (Wildman–Crippen LogP) is 2.91. The van der Waals surface area contributed by atoms with E-state index in [2.05, 4.69) is 5.32 Å². The standard InChI is InChI=1S/C16H19F2NO5/c1-16(2,3)24-15(23)19-12(14(21)22)4-5-13(20)9-6-10(17)8-11(18)7-9/h6-8,12H,4-5H2,1-3H3,(H,19,23)(H,21,22)/t12-/m1/s1. The molecule has 1 atom stereocenters. The number of nitrogens with one attached hydrogen (secondary N) is 1. The Morgan fingerprint density at radius 2 is 1.71 bits per heavy atom. The number of halogens is 2. The van der Waals surface area contributed by atoms with Gasteiger partial charge in [-0.15, -0.1) is 0 Å². The molecular formula is C16H19F2NO5. The number of Topliss-reactive ketones (excluding diaryl/α,β-unsaturated/α-hetero) is 1. The number of carbonyl (C=O) groups excluding carboxylic acids is 2. The summed E-state index contributed by atoms with van der Waals surface area (Å²) in [5.74, 6) is -3.79. The fourth-order valence-electron chi connectivity index (χ4n) is 1.84. The normalized spacial score (nSPS) is 12.4. The summed E-state index contributed by atoms with van der Waals surface area (Å²) in [4.78, 5) is 34.7. The molecule has 0 spiro atoms. The lowest BCUT2D eigenvalue weighted by atomic mass is 10.0. The fraction of sp³-hybridized carbons (Fsp3) is 0.438. The molecule has 0 bridgehead atoms. The van der Waals surface area contributed by atoms with Crippen LogP contribution < -0.4 is 5.32 Å². The molecule has 132 valence electrons. The quantitative estimate of drug-likeness (QED) is 0.775. The minimum atomic E-state index is -1.36. The van der Waals surface area contributed by atoms with E-state index in [0.717, 1.165) is 12.1 Å². The van der Waals surface area contributed by atoms with Gasteiger partial charge < -0.3 is 15.2 Å². The van der Waals surface area contributed by atoms with Crippen LogP contribution in [-0.2, 0) is 9.53 Å². The fourth-order valence-corrected chi connectivity index (χ4v) is 1.84. The zero-order valence-corrected chi connectivity index (χ0v) is 13.6. The monoisotopic (exact) mass is 343 g/mol. The van der Waals surface area contributed by atoms with Crippen LogP contribution in [0.15, 0.2) is 18.2 Å². The van der Waals surface area contributed by atoms with Crippen LogP contribution >= 0.6 is 0 Å². The van der Waals surface area contributed by atoms with Crippen molar-refractivity contribution in [2.45, 2.75) is 45.3 Å². The van der Waals surface area contributed by atoms with Gasteiger partial charge in [-0.3, -0.25) is 4.79 Å². The van der Waals surface area contributed by atoms with Gasteiger partial charge in [0.25, 0.3) is 0 Å². The molecule has 6 nitrogen and oxygen atoms in total. The van der Waals surface area contributed by atoms with Crippen molar-refractivity contribution >= 4 is 17.8 Å². The number of benzene rings is 1. The van der Waals surface area contributed by atoms with Crippen LogP contribution in [0.5, 0.6) is 0 Å². The third-order valence-corrected chi connectivity index (χ3v) is 2.83. The molecule has 1 amide bonds. The van der Waals surface area contributed by atoms with Crippen LogP contribution in [0, 0.1) is 11.6 Å². The molecule has 0 saturated heterocycles. The molecule has 1 aromatic rings. The summed E-state index contributed by atoms with van der Waals surface area (Å²) in [7, 11) is 0. The third-order valence-electron chi connectivity index (χ3n) is 2.83. The molecule has 24 heavy (non-hydrogen) atoms. The van der Waals surface area contributed by atoms with Crippen LogP contribution in [0.25, 0.3) is 0 Å². The van der Waals surface area contributed by atoms with Gasteiger partial charge in [-0.1, -0.05) is 0 Å². The summed E-state index contributed by atoms with van der Waals surface area (Å²) in [6.07, 6.45) is -1.49. The Balaban J connectivity index is 2.68. The second-order valence-corrected chi connectivity index (χ2v) is 6.16. The first-order chi connectivity index (χ1) is 11.0. The van der Waals surface area contributed by atoms with Crippen LogP contribution in [0.1, 0.15) is 44.0 Å². The van der Waals surface area contributed by atoms with E-state index in [1.807, 2.05) is 0 Å². The Kier molecular flexibility index (Phi) is 6.39. The molecule has 0 aliphatic heterocycles. The summed E-state index contributed by atoms with van der Waals surface area (Å²) in [5.41, 5.74) is -1.00. The van der Waals surface area contributed by atoms with Gasteiger partial charge in [-0.25, -0.2) is 18.4 Å². The largest absolute Gasteiger partial charge is 0.480 e. The minimum absolute atomic E-state index is 0.200. The number of ether oxygens (including phenoxy) is 1. The molecule has 0 aliphatic carbocycles. The van der Waals surface area contributed by atoms with Gasteiger partial charge in [0.15, 0.2) is 5.78 Å². The Morgan fingerprint density at radius 3 is 2.17 bits per heavy atom. The van der Waals surface area contributed by atoms with E-state index >= 15 is 0 Å². The van der Waals surface area contributed by atoms with E-state index in [-0.39, 0.29) is 18.4 Å². The second kappa shape index (κ2) is 7.85. The van der Waals surface area contributed by atoms with Crippen molar-refractivity contribution in [3.8, 4) is 0 Å². The molecule has 0 saturated carbocycles. The van der Waals surface area contributed by atoms with Gasteiger partial charge >= 0.3 is 12.1 Å². The number of hydrogen-bond donors (Lipinski definition) is 2. The molecule has 0 heterocycles. The Morgan fingerprint density at radius 1 is 1.17 bits per heavy atom. The highest BCUT2D eigenvalue weighted by Crippen LogP contribution is 2.13. The van der Waals surface area contributed by atoms with E-state index in [9.17, 15) is 23.2 Å². The molecule has 0 aromatic heterocycles. The summed E-state index contributed by atoms with van der Waals surface area (Å²) >= 11 is 0. The highest BCUT2D eigenvalue weighted by Gasteiger charge is 2.24. The molecule has 2 N–H and O–H groups in total. The number of carbonyl (C=O) groups is 3. The number of hydrogen-bond acceptors (Lipinski definition) is 4. The second-order valence-electron chi connectivity index (χ2n) is 6.16. The van der Waals surface area contributed by atoms with Crippen molar-refractivity contribution in [2.24, 2.45) is 0 Å². The van der Waals surface area contributed by atoms with Crippen molar-refractivity contribution in [3.05, 3.63) is 35.4 Å². The first kappa shape index (κ1) is 19.5. The Hall–Kier alpha value is -2.51. The number of carboxylic acids is 1. The number of aliphatic carboxylic acids is 1. The number of alkyl carbamates (subject to hydrolysis) is 1. The number of amides is 1. The summed E-state index contributed by atoms with van der Waals surface area (Å²) < 4.78 is 31.1. The van der Waals surface area contributed by atoms with Crippen molar-refractivity contribution in [2.75, 3.05) is 0 Å². The van der Waals surface area contributed by atoms with E-state index in [1.165, 1.54) is 0 Å². The summed E-state index contributed by atoms with van der Waals surface area (Å²) in [6.45, 7) is 4.85. The van der Waals surface area contributed by atoms with Crippen molar-refractivity contribution in [1.29, 1.82) is 0 Å². The number of ketones is 1. The summed E-state index contributed by atoms with van der Waals surface area (Å²) in [6, 6.07) is 0.994. The van der Waals surface area contributed by atoms with Crippen molar-refractivity contribution < 1.29 is 33.0 Å². The highest BCUT2D eigenvalue weighted by molar-refractivity contribution is 5.96. The lowest BCUT2D eigenvalue weighted by molar-refractivity contribution is -0.139. The van der Waals surface area contributed by atoms with Crippen LogP contribution in [0.2, 0.25) is 0 Å². The lowest BCUT2D eigenvalue weighted by Gasteiger charge is -2.21. The molecule has 1 rings (SSSR count). The average molecular weight is 343 g/mol. The van der Waals surface area contributed by atoms with Crippen LogP contribution in [0.3, 0.4) is 0 Å². The predicted molar refractivity (Wildman–Crippen MR) is 80.7 cm³/mol. The highest BCUT2D eigenvalue weighted by atomic mass is 19.1. The van der Waals surface area contributed by atoms with Gasteiger partial charge in [0.05, 0.1) is 0 Å². The first-order valence-corrected chi connectivity index (χ1v) is 7.19. The van der Waals surface area contributed by atoms with Crippen LogP contribution in [-0.4, -0.2) is 34.6 Å². The zero-order valence-electron chi connectivity index (χ0n) is 13.6. The van der Waals surface area contributed by atoms with Gasteiger partial charge in [0.2, 0.25) is 0 Å². The van der Waals surface area contributed by atoms with Crippen LogP contribution in [0.4, 0.5) is 13.6 Å². The molecule has 0 fully saturated rings. The maximum atomic E-state index is 13.1. The van der Waals surface area contributed by atoms with E-state index < -0.39 is 41.1 Å². The lowest BCUT2D eigenvalue weighted by Crippen LogP contribution is -2.43. The van der Waals surface area contributed by atoms with Crippen molar-refractivity contribution in [3.63, 3.8) is 0 Å². The number of rotatable bonds is 6. The van der Waals surface area contributed by atoms with Gasteiger partial charge in [-0.2, -0.15) is 0 Å². The van der Waals surface area contributed by atoms with E-state index in [0.29, 0.717) is 6.07 Å². The molecule has 0 unspecified atom stereocenters. The third kappa shape index (κ3) is 6.72. The van der Waals surface area contributed by atoms with Gasteiger partial charge in [0, 0.05) is 18.1 Å². The topological polar surface area (TPSA) is 92.7 Å². The molecule has 0 aliphatic rings. The molecule has 1 aromatic carbocycles. The van der Waals surface area contributed by atoms with E-state index in [4.69, 9.17) is 9.84 Å². The maximum absolute atomic E-state index is 13.1. The Labute approximate surface area is 137 Å².